The number of hydrogen-bond acceptors (Lipinski definition) is 4. The summed E-state index contributed by atoms with van der Waals surface area (Å²) < 4.78 is 10.3. The maximum Gasteiger partial charge on any atom is 0.258 e. The third-order valence-electron chi connectivity index (χ3n) is 2.33. The molecule has 2 amide bonds. The molecule has 1 aromatic rings. The second kappa shape index (κ2) is 8.04. The largest absolute Gasteiger partial charge is 0.497 e. The lowest BCUT2D eigenvalue weighted by molar-refractivity contribution is -0.127. The van der Waals surface area contributed by atoms with E-state index in [1.165, 1.54) is 0 Å². The first-order valence-corrected chi connectivity index (χ1v) is 6.34. The highest BCUT2D eigenvalue weighted by molar-refractivity contribution is 5.85. The summed E-state index contributed by atoms with van der Waals surface area (Å²) in [6, 6.07) is 6.94. The predicted octanol–water partition coefficient (Wildman–Crippen LogP) is 0.715. The maximum atomic E-state index is 11.5. The molecule has 0 aliphatic heterocycles. The molecule has 0 aromatic heterocycles. The van der Waals surface area contributed by atoms with Crippen LogP contribution in [0.2, 0.25) is 0 Å². The molecule has 0 unspecified atom stereocenters. The third-order valence-corrected chi connectivity index (χ3v) is 2.33. The van der Waals surface area contributed by atoms with Gasteiger partial charge in [0.2, 0.25) is 5.91 Å². The van der Waals surface area contributed by atoms with E-state index in [-0.39, 0.29) is 31.0 Å². The summed E-state index contributed by atoms with van der Waals surface area (Å²) in [6.45, 7) is 3.52. The van der Waals surface area contributed by atoms with Crippen LogP contribution in [0.15, 0.2) is 24.3 Å². The van der Waals surface area contributed by atoms with Gasteiger partial charge in [0.25, 0.3) is 5.91 Å². The van der Waals surface area contributed by atoms with Crippen LogP contribution < -0.4 is 20.1 Å². The molecule has 0 spiro atoms. The summed E-state index contributed by atoms with van der Waals surface area (Å²) in [5, 5.41) is 5.16. The van der Waals surface area contributed by atoms with Gasteiger partial charge in [0.05, 0.1) is 13.7 Å². The predicted molar refractivity (Wildman–Crippen MR) is 74.8 cm³/mol. The van der Waals surface area contributed by atoms with Crippen molar-refractivity contribution in [2.45, 2.75) is 19.9 Å². The van der Waals surface area contributed by atoms with Crippen molar-refractivity contribution < 1.29 is 19.1 Å². The van der Waals surface area contributed by atoms with E-state index in [0.717, 1.165) is 0 Å². The Morgan fingerprint density at radius 1 is 1.10 bits per heavy atom. The fourth-order valence-corrected chi connectivity index (χ4v) is 1.42. The highest BCUT2D eigenvalue weighted by atomic mass is 16.5. The van der Waals surface area contributed by atoms with Crippen LogP contribution >= 0.6 is 0 Å². The molecule has 1 rings (SSSR count). The fraction of sp³-hybridized carbons (Fsp3) is 0.429. The first-order valence-electron chi connectivity index (χ1n) is 6.34. The van der Waals surface area contributed by atoms with E-state index in [1.54, 1.807) is 31.4 Å². The van der Waals surface area contributed by atoms with Crippen LogP contribution in [0.1, 0.15) is 13.8 Å². The van der Waals surface area contributed by atoms with Crippen LogP contribution in [-0.4, -0.2) is 38.1 Å². The van der Waals surface area contributed by atoms with Crippen LogP contribution in [0.4, 0.5) is 0 Å². The zero-order valence-corrected chi connectivity index (χ0v) is 11.9. The molecule has 0 radical (unpaired) electrons. The average Bonchev–Trinajstić information content (AvgIpc) is 2.42. The zero-order chi connectivity index (χ0) is 15.0. The van der Waals surface area contributed by atoms with Gasteiger partial charge in [-0.3, -0.25) is 9.59 Å². The monoisotopic (exact) mass is 280 g/mol. The lowest BCUT2D eigenvalue weighted by Crippen LogP contribution is -2.41. The van der Waals surface area contributed by atoms with Crippen molar-refractivity contribution in [3.8, 4) is 11.5 Å². The van der Waals surface area contributed by atoms with Crippen LogP contribution in [-0.2, 0) is 9.59 Å². The van der Waals surface area contributed by atoms with E-state index >= 15 is 0 Å². The normalized spacial score (nSPS) is 10.0. The van der Waals surface area contributed by atoms with Gasteiger partial charge in [0.1, 0.15) is 11.5 Å². The Morgan fingerprint density at radius 2 is 1.70 bits per heavy atom. The summed E-state index contributed by atoms with van der Waals surface area (Å²) in [5.41, 5.74) is 0. The quantitative estimate of drug-likeness (QED) is 0.771. The molecule has 0 bridgehead atoms. The fourth-order valence-electron chi connectivity index (χ4n) is 1.42. The van der Waals surface area contributed by atoms with Crippen molar-refractivity contribution >= 4 is 11.8 Å². The van der Waals surface area contributed by atoms with Crippen molar-refractivity contribution in [2.75, 3.05) is 20.3 Å². The van der Waals surface area contributed by atoms with Crippen molar-refractivity contribution in [1.29, 1.82) is 0 Å². The SMILES string of the molecule is COc1ccc(OCC(=O)NCC(=O)NC(C)C)cc1. The van der Waals surface area contributed by atoms with Gasteiger partial charge in [0.15, 0.2) is 6.61 Å². The number of rotatable bonds is 7. The van der Waals surface area contributed by atoms with Gasteiger partial charge in [-0.15, -0.1) is 0 Å². The molecule has 0 heterocycles. The van der Waals surface area contributed by atoms with Crippen molar-refractivity contribution in [3.05, 3.63) is 24.3 Å². The second-order valence-corrected chi connectivity index (χ2v) is 4.46. The van der Waals surface area contributed by atoms with Gasteiger partial charge in [-0.1, -0.05) is 0 Å². The molecular formula is C14H20N2O4. The molecule has 6 heteroatoms. The van der Waals surface area contributed by atoms with Crippen molar-refractivity contribution in [3.63, 3.8) is 0 Å². The van der Waals surface area contributed by atoms with Crippen LogP contribution in [0.5, 0.6) is 11.5 Å². The molecule has 0 fully saturated rings. The molecule has 0 saturated carbocycles. The van der Waals surface area contributed by atoms with Crippen LogP contribution in [0, 0.1) is 0 Å². The summed E-state index contributed by atoms with van der Waals surface area (Å²) >= 11 is 0. The Balaban J connectivity index is 2.27. The zero-order valence-electron chi connectivity index (χ0n) is 11.9. The molecule has 0 aliphatic carbocycles. The molecule has 0 atom stereocenters. The van der Waals surface area contributed by atoms with E-state index in [2.05, 4.69) is 10.6 Å². The minimum atomic E-state index is -0.347. The van der Waals surface area contributed by atoms with Gasteiger partial charge in [-0.2, -0.15) is 0 Å². The molecule has 6 nitrogen and oxygen atoms in total. The van der Waals surface area contributed by atoms with Crippen LogP contribution in [0.3, 0.4) is 0 Å². The van der Waals surface area contributed by atoms with E-state index < -0.39 is 0 Å². The Hall–Kier alpha value is -2.24. The molecule has 0 saturated heterocycles. The summed E-state index contributed by atoms with van der Waals surface area (Å²) in [6.07, 6.45) is 0. The van der Waals surface area contributed by atoms with E-state index in [1.807, 2.05) is 13.8 Å². The number of nitrogens with one attached hydrogen (secondary N) is 2. The van der Waals surface area contributed by atoms with E-state index in [4.69, 9.17) is 9.47 Å². The minimum absolute atomic E-state index is 0.0509. The number of carbonyl (C=O) groups is 2. The molecule has 2 N–H and O–H groups in total. The Bertz CT molecular complexity index is 443. The Morgan fingerprint density at radius 3 is 2.25 bits per heavy atom. The lowest BCUT2D eigenvalue weighted by atomic mass is 10.3. The average molecular weight is 280 g/mol. The summed E-state index contributed by atoms with van der Waals surface area (Å²) in [4.78, 5) is 22.8. The standard InChI is InChI=1S/C14H20N2O4/c1-10(2)16-13(17)8-15-14(18)9-20-12-6-4-11(19-3)5-7-12/h4-7,10H,8-9H2,1-3H3,(H,15,18)(H,16,17). The van der Waals surface area contributed by atoms with Gasteiger partial charge < -0.3 is 20.1 Å². The van der Waals surface area contributed by atoms with Gasteiger partial charge in [0, 0.05) is 6.04 Å². The second-order valence-electron chi connectivity index (χ2n) is 4.46. The van der Waals surface area contributed by atoms with Crippen molar-refractivity contribution in [1.82, 2.24) is 10.6 Å². The highest BCUT2D eigenvalue weighted by Gasteiger charge is 2.07. The van der Waals surface area contributed by atoms with Crippen molar-refractivity contribution in [2.24, 2.45) is 0 Å². The maximum absolute atomic E-state index is 11.5. The molecule has 1 aromatic carbocycles. The first-order chi connectivity index (χ1) is 9.51. The Labute approximate surface area is 118 Å². The number of carbonyl (C=O) groups excluding carboxylic acids is 2. The summed E-state index contributed by atoms with van der Waals surface area (Å²) in [7, 11) is 1.57. The molecule has 0 aliphatic rings. The first kappa shape index (κ1) is 15.8. The molecule has 20 heavy (non-hydrogen) atoms. The molecule has 110 valence electrons. The number of hydrogen-bond donors (Lipinski definition) is 2. The smallest absolute Gasteiger partial charge is 0.258 e. The highest BCUT2D eigenvalue weighted by Crippen LogP contribution is 2.16. The number of amides is 2. The third kappa shape index (κ3) is 6.08. The summed E-state index contributed by atoms with van der Waals surface area (Å²) in [5.74, 6) is 0.706. The lowest BCUT2D eigenvalue weighted by Gasteiger charge is -2.10. The number of methoxy groups -OCH3 is 1. The van der Waals surface area contributed by atoms with E-state index in [9.17, 15) is 9.59 Å². The van der Waals surface area contributed by atoms with Gasteiger partial charge in [-0.05, 0) is 38.1 Å². The topological polar surface area (TPSA) is 76.7 Å². The van der Waals surface area contributed by atoms with Crippen LogP contribution in [0.25, 0.3) is 0 Å². The number of benzene rings is 1. The Kier molecular flexibility index (Phi) is 6.36. The van der Waals surface area contributed by atoms with Gasteiger partial charge in [-0.25, -0.2) is 0 Å². The van der Waals surface area contributed by atoms with E-state index in [0.29, 0.717) is 11.5 Å². The molecular weight excluding hydrogens is 260 g/mol. The minimum Gasteiger partial charge on any atom is -0.497 e. The number of ether oxygens (including phenoxy) is 2. The van der Waals surface area contributed by atoms with Gasteiger partial charge >= 0.3 is 0 Å².